The predicted molar refractivity (Wildman–Crippen MR) is 129 cm³/mol. The molecule has 0 bridgehead atoms. The van der Waals surface area contributed by atoms with Crippen molar-refractivity contribution in [2.75, 3.05) is 18.6 Å². The summed E-state index contributed by atoms with van der Waals surface area (Å²) in [6, 6.07) is 4.89. The standard InChI is InChI=1S/C23H34N4O6S/c1-14(28)19(24)22(31)27-11-6-9-18(27)21(30)25-16(10-12-34-2)20(29)26-17(23(32)33)13-15-7-4-3-5-8-15/h3-5,7-8,14,16-19,28H,6,9-13,24H2,1-2H3,(H,25,30)(H,26,29)(H,32,33). The Kier molecular flexibility index (Phi) is 10.8. The minimum absolute atomic E-state index is 0.104. The monoisotopic (exact) mass is 494 g/mol. The minimum Gasteiger partial charge on any atom is -0.480 e. The number of rotatable bonds is 12. The van der Waals surface area contributed by atoms with Gasteiger partial charge in [-0.15, -0.1) is 0 Å². The van der Waals surface area contributed by atoms with Gasteiger partial charge in [0.15, 0.2) is 0 Å². The summed E-state index contributed by atoms with van der Waals surface area (Å²) in [5, 5.41) is 24.5. The number of carboxylic acids is 1. The SMILES string of the molecule is CSCCC(NC(=O)C1CCCN1C(=O)C(N)C(C)O)C(=O)NC(Cc1ccccc1)C(=O)O. The van der Waals surface area contributed by atoms with Crippen LogP contribution in [-0.2, 0) is 25.6 Å². The van der Waals surface area contributed by atoms with Crippen LogP contribution in [0.1, 0.15) is 31.7 Å². The van der Waals surface area contributed by atoms with E-state index in [4.69, 9.17) is 5.73 Å². The molecule has 10 nitrogen and oxygen atoms in total. The average Bonchev–Trinajstić information content (AvgIpc) is 3.30. The molecule has 1 saturated heterocycles. The van der Waals surface area contributed by atoms with Gasteiger partial charge in [0.2, 0.25) is 17.7 Å². The fourth-order valence-corrected chi connectivity index (χ4v) is 4.27. The van der Waals surface area contributed by atoms with Gasteiger partial charge in [-0.2, -0.15) is 11.8 Å². The Morgan fingerprint density at radius 1 is 1.18 bits per heavy atom. The van der Waals surface area contributed by atoms with Gasteiger partial charge < -0.3 is 31.5 Å². The number of hydrogen-bond acceptors (Lipinski definition) is 7. The molecule has 1 aliphatic heterocycles. The number of carboxylic acid groups (broad SMARTS) is 1. The molecule has 2 rings (SSSR count). The Morgan fingerprint density at radius 2 is 1.85 bits per heavy atom. The van der Waals surface area contributed by atoms with Gasteiger partial charge in [0, 0.05) is 13.0 Å². The van der Waals surface area contributed by atoms with E-state index in [1.165, 1.54) is 23.6 Å². The highest BCUT2D eigenvalue weighted by Gasteiger charge is 2.38. The second-order valence-electron chi connectivity index (χ2n) is 8.39. The predicted octanol–water partition coefficient (Wildman–Crippen LogP) is -0.264. The molecule has 0 aromatic heterocycles. The Balaban J connectivity index is 2.09. The normalized spacial score (nSPS) is 19.1. The van der Waals surface area contributed by atoms with E-state index in [0.29, 0.717) is 31.6 Å². The van der Waals surface area contributed by atoms with Crippen LogP contribution in [-0.4, -0.2) is 87.6 Å². The van der Waals surface area contributed by atoms with Crippen LogP contribution in [0.5, 0.6) is 0 Å². The Hall–Kier alpha value is -2.63. The third kappa shape index (κ3) is 7.71. The summed E-state index contributed by atoms with van der Waals surface area (Å²) in [7, 11) is 0. The highest BCUT2D eigenvalue weighted by Crippen LogP contribution is 2.19. The molecule has 34 heavy (non-hydrogen) atoms. The van der Waals surface area contributed by atoms with Gasteiger partial charge in [-0.05, 0) is 43.8 Å². The lowest BCUT2D eigenvalue weighted by Gasteiger charge is -2.29. The summed E-state index contributed by atoms with van der Waals surface area (Å²) in [6.45, 7) is 1.74. The first-order chi connectivity index (χ1) is 16.1. The third-order valence-corrected chi connectivity index (χ3v) is 6.43. The fourth-order valence-electron chi connectivity index (χ4n) is 3.80. The number of nitrogens with zero attached hydrogens (tertiary/aromatic N) is 1. The van der Waals surface area contributed by atoms with Crippen LogP contribution in [0.4, 0.5) is 0 Å². The number of benzene rings is 1. The number of likely N-dealkylation sites (tertiary alicyclic amines) is 1. The van der Waals surface area contributed by atoms with E-state index in [9.17, 15) is 29.4 Å². The highest BCUT2D eigenvalue weighted by molar-refractivity contribution is 7.98. The lowest BCUT2D eigenvalue weighted by molar-refractivity contribution is -0.143. The van der Waals surface area contributed by atoms with Crippen molar-refractivity contribution in [1.29, 1.82) is 0 Å². The van der Waals surface area contributed by atoms with Crippen LogP contribution in [0.2, 0.25) is 0 Å². The average molecular weight is 495 g/mol. The third-order valence-electron chi connectivity index (χ3n) is 5.78. The molecule has 1 fully saturated rings. The Bertz CT molecular complexity index is 853. The van der Waals surface area contributed by atoms with Crippen molar-refractivity contribution in [3.8, 4) is 0 Å². The van der Waals surface area contributed by atoms with Gasteiger partial charge in [0.25, 0.3) is 0 Å². The molecule has 1 aromatic rings. The number of carbonyl (C=O) groups is 4. The molecule has 5 unspecified atom stereocenters. The van der Waals surface area contributed by atoms with Gasteiger partial charge in [-0.25, -0.2) is 4.79 Å². The number of amides is 3. The Morgan fingerprint density at radius 3 is 2.44 bits per heavy atom. The van der Waals surface area contributed by atoms with Crippen molar-refractivity contribution < 1.29 is 29.4 Å². The van der Waals surface area contributed by atoms with Crippen molar-refractivity contribution in [1.82, 2.24) is 15.5 Å². The van der Waals surface area contributed by atoms with Gasteiger partial charge in [0.1, 0.15) is 24.2 Å². The van der Waals surface area contributed by atoms with Crippen molar-refractivity contribution in [3.63, 3.8) is 0 Å². The molecule has 0 aliphatic carbocycles. The topological polar surface area (TPSA) is 162 Å². The van der Waals surface area contributed by atoms with Crippen LogP contribution in [0.15, 0.2) is 30.3 Å². The number of nitrogens with two attached hydrogens (primary N) is 1. The zero-order chi connectivity index (χ0) is 25.3. The lowest BCUT2D eigenvalue weighted by atomic mass is 10.0. The molecule has 0 spiro atoms. The largest absolute Gasteiger partial charge is 0.480 e. The number of nitrogens with one attached hydrogen (secondary N) is 2. The molecule has 0 saturated carbocycles. The number of aliphatic hydroxyl groups excluding tert-OH is 1. The molecule has 0 radical (unpaired) electrons. The molecule has 3 amide bonds. The van der Waals surface area contributed by atoms with Crippen molar-refractivity contribution in [2.45, 2.75) is 62.9 Å². The van der Waals surface area contributed by atoms with Crippen LogP contribution in [0.3, 0.4) is 0 Å². The van der Waals surface area contributed by atoms with E-state index in [1.54, 1.807) is 24.3 Å². The lowest BCUT2D eigenvalue weighted by Crippen LogP contribution is -2.57. The first kappa shape index (κ1) is 27.6. The zero-order valence-corrected chi connectivity index (χ0v) is 20.3. The summed E-state index contributed by atoms with van der Waals surface area (Å²) in [6.07, 6.45) is 2.20. The summed E-state index contributed by atoms with van der Waals surface area (Å²) in [5.74, 6) is -2.23. The van der Waals surface area contributed by atoms with E-state index < -0.39 is 54.0 Å². The molecule has 5 atom stereocenters. The number of thioether (sulfide) groups is 1. The van der Waals surface area contributed by atoms with Gasteiger partial charge in [-0.1, -0.05) is 30.3 Å². The van der Waals surface area contributed by atoms with Gasteiger partial charge in [0.05, 0.1) is 6.10 Å². The number of carbonyl (C=O) groups excluding carboxylic acids is 3. The number of aliphatic carboxylic acids is 1. The van der Waals surface area contributed by atoms with E-state index in [1.807, 2.05) is 12.3 Å². The summed E-state index contributed by atoms with van der Waals surface area (Å²) < 4.78 is 0. The maximum atomic E-state index is 13.0. The summed E-state index contributed by atoms with van der Waals surface area (Å²) in [4.78, 5) is 51.7. The fraction of sp³-hybridized carbons (Fsp3) is 0.565. The molecular formula is C23H34N4O6S. The van der Waals surface area contributed by atoms with Gasteiger partial charge in [-0.3, -0.25) is 14.4 Å². The minimum atomic E-state index is -1.17. The van der Waals surface area contributed by atoms with Crippen molar-refractivity contribution in [2.24, 2.45) is 5.73 Å². The molecule has 1 aliphatic rings. The second-order valence-corrected chi connectivity index (χ2v) is 9.37. The maximum absolute atomic E-state index is 13.0. The quantitative estimate of drug-likeness (QED) is 0.265. The molecule has 1 aromatic carbocycles. The second kappa shape index (κ2) is 13.3. The van der Waals surface area contributed by atoms with Gasteiger partial charge >= 0.3 is 5.97 Å². The smallest absolute Gasteiger partial charge is 0.326 e. The van der Waals surface area contributed by atoms with E-state index in [2.05, 4.69) is 10.6 Å². The Labute approximate surface area is 203 Å². The van der Waals surface area contributed by atoms with Crippen LogP contribution < -0.4 is 16.4 Å². The summed E-state index contributed by atoms with van der Waals surface area (Å²) in [5.41, 5.74) is 6.53. The number of hydrogen-bond donors (Lipinski definition) is 5. The zero-order valence-electron chi connectivity index (χ0n) is 19.5. The molecule has 11 heteroatoms. The molecule has 188 valence electrons. The van der Waals surface area contributed by atoms with E-state index in [0.717, 1.165) is 5.56 Å². The highest BCUT2D eigenvalue weighted by atomic mass is 32.2. The van der Waals surface area contributed by atoms with E-state index in [-0.39, 0.29) is 6.42 Å². The first-order valence-corrected chi connectivity index (χ1v) is 12.7. The number of aliphatic hydroxyl groups is 1. The van der Waals surface area contributed by atoms with Crippen molar-refractivity contribution >= 4 is 35.5 Å². The van der Waals surface area contributed by atoms with Crippen LogP contribution >= 0.6 is 11.8 Å². The van der Waals surface area contributed by atoms with Crippen molar-refractivity contribution in [3.05, 3.63) is 35.9 Å². The molecule has 1 heterocycles. The maximum Gasteiger partial charge on any atom is 0.326 e. The molecular weight excluding hydrogens is 460 g/mol. The first-order valence-electron chi connectivity index (χ1n) is 11.3. The van der Waals surface area contributed by atoms with Crippen LogP contribution in [0, 0.1) is 0 Å². The van der Waals surface area contributed by atoms with E-state index >= 15 is 0 Å². The molecule has 6 N–H and O–H groups in total. The van der Waals surface area contributed by atoms with Crippen LogP contribution in [0.25, 0.3) is 0 Å². The summed E-state index contributed by atoms with van der Waals surface area (Å²) >= 11 is 1.49.